The maximum absolute atomic E-state index is 10.9. The number of allylic oxidation sites excluding steroid dienone is 1. The normalized spacial score (nSPS) is 38.1. The second-order valence-electron chi connectivity index (χ2n) is 3.72. The minimum atomic E-state index is -1.49. The van der Waals surface area contributed by atoms with Gasteiger partial charge in [0.25, 0.3) is 5.85 Å². The highest BCUT2D eigenvalue weighted by molar-refractivity contribution is 5.62. The number of carbonyl (C=O) groups is 1. The quantitative estimate of drug-likeness (QED) is 0.677. The molecule has 0 radical (unpaired) electrons. The van der Waals surface area contributed by atoms with Crippen LogP contribution in [-0.2, 0) is 9.53 Å². The van der Waals surface area contributed by atoms with Gasteiger partial charge >= 0.3 is 0 Å². The van der Waals surface area contributed by atoms with E-state index in [1.807, 2.05) is 13.0 Å². The second-order valence-corrected chi connectivity index (χ2v) is 3.72. The summed E-state index contributed by atoms with van der Waals surface area (Å²) in [6.45, 7) is 3.63. The highest BCUT2D eigenvalue weighted by Crippen LogP contribution is 2.34. The number of azo groups is 1. The first kappa shape index (κ1) is 9.85. The van der Waals surface area contributed by atoms with E-state index in [9.17, 15) is 4.79 Å². The second kappa shape index (κ2) is 2.90. The Kier molecular flexibility index (Phi) is 1.90. The number of hydrogen-bond donors (Lipinski definition) is 1. The summed E-state index contributed by atoms with van der Waals surface area (Å²) in [6.07, 6.45) is 5.31. The first-order valence-corrected chi connectivity index (χ1v) is 4.52. The summed E-state index contributed by atoms with van der Waals surface area (Å²) < 4.78 is 5.04. The van der Waals surface area contributed by atoms with Gasteiger partial charge < -0.3 is 4.74 Å². The summed E-state index contributed by atoms with van der Waals surface area (Å²) in [7, 11) is 0. The van der Waals surface area contributed by atoms with Crippen molar-refractivity contribution in [2.75, 3.05) is 0 Å². The average molecular weight is 208 g/mol. The molecule has 2 aliphatic rings. The molecule has 0 aromatic carbocycles. The van der Waals surface area contributed by atoms with Gasteiger partial charge in [0.15, 0.2) is 5.66 Å². The fraction of sp³-hybridized carbons (Fsp3) is 0.444. The predicted molar refractivity (Wildman–Crippen MR) is 52.1 cm³/mol. The Morgan fingerprint density at radius 2 is 2.40 bits per heavy atom. The van der Waals surface area contributed by atoms with Gasteiger partial charge in [-0.1, -0.05) is 0 Å². The molecule has 2 rings (SSSR count). The van der Waals surface area contributed by atoms with Gasteiger partial charge in [-0.25, -0.2) is 0 Å². The summed E-state index contributed by atoms with van der Waals surface area (Å²) in [6, 6.07) is 0. The molecule has 0 fully saturated rings. The van der Waals surface area contributed by atoms with Crippen molar-refractivity contribution in [3.05, 3.63) is 24.2 Å². The number of nitrogens with two attached hydrogens (primary N) is 1. The van der Waals surface area contributed by atoms with Gasteiger partial charge in [-0.05, 0) is 19.9 Å². The third kappa shape index (κ3) is 1.33. The minimum Gasteiger partial charge on any atom is -0.454 e. The zero-order valence-corrected chi connectivity index (χ0v) is 8.54. The predicted octanol–water partition coefficient (Wildman–Crippen LogP) is 0.687. The number of ether oxygens (including phenoxy) is 1. The average Bonchev–Trinajstić information content (AvgIpc) is 2.72. The molecule has 0 amide bonds. The lowest BCUT2D eigenvalue weighted by molar-refractivity contribution is -0.142. The van der Waals surface area contributed by atoms with Gasteiger partial charge in [-0.15, -0.1) is 0 Å². The summed E-state index contributed by atoms with van der Waals surface area (Å²) in [5.74, 6) is -1.49. The van der Waals surface area contributed by atoms with Gasteiger partial charge in [-0.2, -0.15) is 10.2 Å². The van der Waals surface area contributed by atoms with E-state index in [4.69, 9.17) is 10.5 Å². The zero-order valence-electron chi connectivity index (χ0n) is 8.54. The van der Waals surface area contributed by atoms with Crippen molar-refractivity contribution in [3.8, 4) is 0 Å². The van der Waals surface area contributed by atoms with Crippen molar-refractivity contribution in [2.24, 2.45) is 16.0 Å². The van der Waals surface area contributed by atoms with Gasteiger partial charge in [0, 0.05) is 6.20 Å². The van der Waals surface area contributed by atoms with E-state index in [1.54, 1.807) is 13.1 Å². The van der Waals surface area contributed by atoms with Crippen LogP contribution < -0.4 is 5.73 Å². The fourth-order valence-electron chi connectivity index (χ4n) is 1.71. The van der Waals surface area contributed by atoms with Crippen molar-refractivity contribution in [1.29, 1.82) is 0 Å². The molecule has 0 bridgehead atoms. The Hall–Kier alpha value is -1.69. The molecular formula is C9H12N4O2. The van der Waals surface area contributed by atoms with Crippen molar-refractivity contribution in [3.63, 3.8) is 0 Å². The first-order valence-electron chi connectivity index (χ1n) is 4.52. The number of aldehydes is 1. The molecule has 80 valence electrons. The van der Waals surface area contributed by atoms with Crippen LogP contribution in [0.3, 0.4) is 0 Å². The lowest BCUT2D eigenvalue weighted by atomic mass is 10.1. The molecule has 2 aliphatic heterocycles. The number of nitrogens with zero attached hydrogens (tertiary/aromatic N) is 3. The largest absolute Gasteiger partial charge is 0.454 e. The van der Waals surface area contributed by atoms with Crippen LogP contribution in [0, 0.1) is 0 Å². The smallest absolute Gasteiger partial charge is 0.297 e. The van der Waals surface area contributed by atoms with Crippen LogP contribution in [0.15, 0.2) is 34.5 Å². The molecule has 0 spiro atoms. The molecule has 0 aromatic heterocycles. The third-order valence-electron chi connectivity index (χ3n) is 2.39. The van der Waals surface area contributed by atoms with E-state index >= 15 is 0 Å². The number of hydrogen-bond acceptors (Lipinski definition) is 6. The third-order valence-corrected chi connectivity index (χ3v) is 2.39. The van der Waals surface area contributed by atoms with Crippen molar-refractivity contribution >= 4 is 6.29 Å². The van der Waals surface area contributed by atoms with Crippen LogP contribution in [0.4, 0.5) is 0 Å². The maximum atomic E-state index is 10.9. The van der Waals surface area contributed by atoms with E-state index in [2.05, 4.69) is 10.2 Å². The van der Waals surface area contributed by atoms with Gasteiger partial charge in [0.1, 0.15) is 6.26 Å². The van der Waals surface area contributed by atoms with Crippen molar-refractivity contribution < 1.29 is 9.53 Å². The molecule has 2 heterocycles. The van der Waals surface area contributed by atoms with Crippen molar-refractivity contribution in [2.45, 2.75) is 25.4 Å². The fourth-order valence-corrected chi connectivity index (χ4v) is 1.71. The van der Waals surface area contributed by atoms with Gasteiger partial charge in [0.05, 0.1) is 5.70 Å². The number of rotatable bonds is 2. The molecule has 6 nitrogen and oxygen atoms in total. The van der Waals surface area contributed by atoms with E-state index in [0.29, 0.717) is 6.29 Å². The molecule has 0 saturated carbocycles. The molecule has 6 heteroatoms. The summed E-state index contributed by atoms with van der Waals surface area (Å²) in [5.41, 5.74) is 5.78. The molecular weight excluding hydrogens is 196 g/mol. The Labute approximate surface area is 87.1 Å². The van der Waals surface area contributed by atoms with E-state index < -0.39 is 11.5 Å². The molecule has 2 unspecified atom stereocenters. The van der Waals surface area contributed by atoms with Crippen LogP contribution in [0.5, 0.6) is 0 Å². The standard InChI is InChI=1S/C9H12N4O2/c1-7-5-8(2,12-11-7)13-3-4-15-9(13,10)6-14/h3-6H,10H2,1-2H3. The zero-order chi connectivity index (χ0) is 11.1. The van der Waals surface area contributed by atoms with E-state index in [0.717, 1.165) is 5.70 Å². The van der Waals surface area contributed by atoms with Crippen molar-refractivity contribution in [1.82, 2.24) is 4.90 Å². The molecule has 0 aliphatic carbocycles. The molecule has 0 aromatic rings. The Bertz CT molecular complexity index is 390. The van der Waals surface area contributed by atoms with Gasteiger partial charge in [0.2, 0.25) is 6.29 Å². The van der Waals surface area contributed by atoms with Crippen LogP contribution in [0.1, 0.15) is 13.8 Å². The van der Waals surface area contributed by atoms with E-state index in [-0.39, 0.29) is 0 Å². The molecule has 2 atom stereocenters. The summed E-state index contributed by atoms with van der Waals surface area (Å²) in [5, 5.41) is 7.98. The van der Waals surface area contributed by atoms with Gasteiger partial charge in [-0.3, -0.25) is 15.4 Å². The SMILES string of the molecule is CC1=CC(C)(N2C=COC2(N)C=O)N=N1. The maximum Gasteiger partial charge on any atom is 0.297 e. The van der Waals surface area contributed by atoms with Crippen LogP contribution in [-0.4, -0.2) is 22.7 Å². The highest BCUT2D eigenvalue weighted by Gasteiger charge is 2.47. The summed E-state index contributed by atoms with van der Waals surface area (Å²) in [4.78, 5) is 12.4. The first-order chi connectivity index (χ1) is 7.00. The summed E-state index contributed by atoms with van der Waals surface area (Å²) >= 11 is 0. The molecule has 2 N–H and O–H groups in total. The monoisotopic (exact) mass is 208 g/mol. The molecule has 15 heavy (non-hydrogen) atoms. The van der Waals surface area contributed by atoms with Crippen LogP contribution >= 0.6 is 0 Å². The van der Waals surface area contributed by atoms with Crippen LogP contribution in [0.2, 0.25) is 0 Å². The number of carbonyl (C=O) groups excluding carboxylic acids is 1. The Balaban J connectivity index is 2.36. The Morgan fingerprint density at radius 1 is 1.67 bits per heavy atom. The lowest BCUT2D eigenvalue weighted by Crippen LogP contribution is -2.60. The lowest BCUT2D eigenvalue weighted by Gasteiger charge is -2.37. The topological polar surface area (TPSA) is 80.3 Å². The van der Waals surface area contributed by atoms with Crippen LogP contribution in [0.25, 0.3) is 0 Å². The minimum absolute atomic E-state index is 0.537. The Morgan fingerprint density at radius 3 is 2.93 bits per heavy atom. The molecule has 0 saturated heterocycles. The highest BCUT2D eigenvalue weighted by atomic mass is 16.5. The van der Waals surface area contributed by atoms with E-state index in [1.165, 1.54) is 11.2 Å².